The molecular weight excluding hydrogens is 402 g/mol. The largest absolute Gasteiger partial charge is 0.457 e. The minimum atomic E-state index is -3.43. The van der Waals surface area contributed by atoms with Crippen molar-refractivity contribution < 1.29 is 22.7 Å². The summed E-state index contributed by atoms with van der Waals surface area (Å²) in [5, 5.41) is 2.85. The second kappa shape index (κ2) is 10.0. The van der Waals surface area contributed by atoms with Crippen molar-refractivity contribution in [2.75, 3.05) is 19.5 Å². The van der Waals surface area contributed by atoms with E-state index >= 15 is 0 Å². The predicted octanol–water partition coefficient (Wildman–Crippen LogP) is 3.83. The fourth-order valence-electron chi connectivity index (χ4n) is 2.77. The summed E-state index contributed by atoms with van der Waals surface area (Å²) < 4.78 is 35.1. The Balaban J connectivity index is 1.65. The lowest BCUT2D eigenvalue weighted by Gasteiger charge is -2.12. The van der Waals surface area contributed by atoms with Crippen LogP contribution in [0.15, 0.2) is 83.8 Å². The zero-order chi connectivity index (χ0) is 21.4. The molecule has 0 saturated heterocycles. The second-order valence-corrected chi connectivity index (χ2v) is 8.65. The van der Waals surface area contributed by atoms with E-state index in [2.05, 4.69) is 5.32 Å². The maximum atomic E-state index is 12.5. The van der Waals surface area contributed by atoms with Crippen molar-refractivity contribution in [1.82, 2.24) is 5.32 Å². The Morgan fingerprint density at radius 3 is 2.27 bits per heavy atom. The van der Waals surface area contributed by atoms with Crippen molar-refractivity contribution in [3.8, 4) is 11.5 Å². The maximum absolute atomic E-state index is 12.5. The van der Waals surface area contributed by atoms with Gasteiger partial charge in [-0.05, 0) is 42.5 Å². The SMILES string of the molecule is COCCS(=O)(=O)c1ccc(C(=O)NCc2ccccc2Oc2ccccc2)cc1. The molecule has 156 valence electrons. The zero-order valence-corrected chi connectivity index (χ0v) is 17.4. The van der Waals surface area contributed by atoms with Crippen LogP contribution in [0, 0.1) is 0 Å². The molecule has 1 amide bonds. The minimum Gasteiger partial charge on any atom is -0.457 e. The van der Waals surface area contributed by atoms with E-state index in [4.69, 9.17) is 9.47 Å². The summed E-state index contributed by atoms with van der Waals surface area (Å²) in [4.78, 5) is 12.7. The Labute approximate surface area is 176 Å². The van der Waals surface area contributed by atoms with Gasteiger partial charge in [0.05, 0.1) is 17.3 Å². The molecule has 0 unspecified atom stereocenters. The number of sulfone groups is 1. The molecule has 1 N–H and O–H groups in total. The molecule has 3 aromatic rings. The van der Waals surface area contributed by atoms with E-state index in [1.54, 1.807) is 0 Å². The van der Waals surface area contributed by atoms with Crippen LogP contribution in [-0.2, 0) is 21.1 Å². The van der Waals surface area contributed by atoms with Gasteiger partial charge in [-0.2, -0.15) is 0 Å². The van der Waals surface area contributed by atoms with Crippen LogP contribution in [0.4, 0.5) is 0 Å². The monoisotopic (exact) mass is 425 g/mol. The quantitative estimate of drug-likeness (QED) is 0.564. The number of rotatable bonds is 9. The first kappa shape index (κ1) is 21.5. The molecule has 0 atom stereocenters. The van der Waals surface area contributed by atoms with E-state index < -0.39 is 9.84 Å². The van der Waals surface area contributed by atoms with E-state index in [9.17, 15) is 13.2 Å². The third kappa shape index (κ3) is 5.68. The predicted molar refractivity (Wildman–Crippen MR) is 114 cm³/mol. The van der Waals surface area contributed by atoms with Gasteiger partial charge in [0.25, 0.3) is 5.91 Å². The summed E-state index contributed by atoms with van der Waals surface area (Å²) in [5.41, 5.74) is 1.20. The molecule has 0 radical (unpaired) electrons. The summed E-state index contributed by atoms with van der Waals surface area (Å²) in [6.45, 7) is 0.394. The van der Waals surface area contributed by atoms with E-state index in [1.807, 2.05) is 54.6 Å². The highest BCUT2D eigenvalue weighted by molar-refractivity contribution is 7.91. The number of hydrogen-bond acceptors (Lipinski definition) is 5. The summed E-state index contributed by atoms with van der Waals surface area (Å²) in [6, 6.07) is 22.7. The van der Waals surface area contributed by atoms with Crippen LogP contribution in [0.3, 0.4) is 0 Å². The summed E-state index contributed by atoms with van der Waals surface area (Å²) in [5.74, 6) is 0.961. The van der Waals surface area contributed by atoms with Crippen molar-refractivity contribution in [2.45, 2.75) is 11.4 Å². The zero-order valence-electron chi connectivity index (χ0n) is 16.6. The van der Waals surface area contributed by atoms with Crippen LogP contribution in [0.25, 0.3) is 0 Å². The third-order valence-electron chi connectivity index (χ3n) is 4.41. The van der Waals surface area contributed by atoms with Crippen molar-refractivity contribution in [2.24, 2.45) is 0 Å². The highest BCUT2D eigenvalue weighted by atomic mass is 32.2. The van der Waals surface area contributed by atoms with Crippen LogP contribution in [-0.4, -0.2) is 33.8 Å². The number of methoxy groups -OCH3 is 1. The van der Waals surface area contributed by atoms with Gasteiger partial charge < -0.3 is 14.8 Å². The molecule has 0 aliphatic carbocycles. The van der Waals surface area contributed by atoms with Gasteiger partial charge in [0.1, 0.15) is 11.5 Å². The van der Waals surface area contributed by atoms with Gasteiger partial charge in [-0.3, -0.25) is 4.79 Å². The average molecular weight is 426 g/mol. The molecule has 0 bridgehead atoms. The Bertz CT molecular complexity index is 1080. The topological polar surface area (TPSA) is 81.7 Å². The van der Waals surface area contributed by atoms with E-state index in [0.29, 0.717) is 17.1 Å². The molecule has 0 spiro atoms. The minimum absolute atomic E-state index is 0.104. The van der Waals surface area contributed by atoms with E-state index in [-0.39, 0.29) is 29.7 Å². The Kier molecular flexibility index (Phi) is 7.21. The summed E-state index contributed by atoms with van der Waals surface area (Å²) in [7, 11) is -1.98. The fourth-order valence-corrected chi connectivity index (χ4v) is 3.94. The third-order valence-corrected chi connectivity index (χ3v) is 6.11. The first-order chi connectivity index (χ1) is 14.5. The molecule has 0 heterocycles. The Morgan fingerprint density at radius 2 is 1.57 bits per heavy atom. The van der Waals surface area contributed by atoms with Gasteiger partial charge in [0.15, 0.2) is 9.84 Å². The molecule has 0 aromatic heterocycles. The van der Waals surface area contributed by atoms with Crippen molar-refractivity contribution in [1.29, 1.82) is 0 Å². The van der Waals surface area contributed by atoms with Gasteiger partial charge >= 0.3 is 0 Å². The van der Waals surface area contributed by atoms with E-state index in [0.717, 1.165) is 5.56 Å². The molecule has 0 saturated carbocycles. The molecule has 3 rings (SSSR count). The Morgan fingerprint density at radius 1 is 0.900 bits per heavy atom. The van der Waals surface area contributed by atoms with Gasteiger partial charge in [-0.1, -0.05) is 36.4 Å². The Hall–Kier alpha value is -3.16. The molecule has 6 nitrogen and oxygen atoms in total. The number of carbonyl (C=O) groups is 1. The van der Waals surface area contributed by atoms with Crippen LogP contribution in [0.1, 0.15) is 15.9 Å². The molecular formula is C23H23NO5S. The molecule has 0 aliphatic rings. The van der Waals surface area contributed by atoms with Crippen LogP contribution >= 0.6 is 0 Å². The number of benzene rings is 3. The number of nitrogens with one attached hydrogen (secondary N) is 1. The second-order valence-electron chi connectivity index (χ2n) is 6.54. The van der Waals surface area contributed by atoms with Crippen LogP contribution in [0.2, 0.25) is 0 Å². The van der Waals surface area contributed by atoms with Crippen molar-refractivity contribution in [3.05, 3.63) is 90.0 Å². The summed E-state index contributed by atoms with van der Waals surface area (Å²) in [6.07, 6.45) is 0. The number of ether oxygens (including phenoxy) is 2. The summed E-state index contributed by atoms with van der Waals surface area (Å²) >= 11 is 0. The lowest BCUT2D eigenvalue weighted by molar-refractivity contribution is 0.0950. The molecule has 3 aromatic carbocycles. The molecule has 0 aliphatic heterocycles. The molecule has 0 fully saturated rings. The highest BCUT2D eigenvalue weighted by Crippen LogP contribution is 2.25. The average Bonchev–Trinajstić information content (AvgIpc) is 2.78. The smallest absolute Gasteiger partial charge is 0.251 e. The van der Waals surface area contributed by atoms with Crippen molar-refractivity contribution in [3.63, 3.8) is 0 Å². The molecule has 7 heteroatoms. The van der Waals surface area contributed by atoms with Crippen LogP contribution in [0.5, 0.6) is 11.5 Å². The first-order valence-electron chi connectivity index (χ1n) is 9.40. The fraction of sp³-hybridized carbons (Fsp3) is 0.174. The standard InChI is InChI=1S/C23H23NO5S/c1-28-15-16-30(26,27)21-13-11-18(12-14-21)23(25)24-17-19-7-5-6-10-22(19)29-20-8-3-2-4-9-20/h2-14H,15-17H2,1H3,(H,24,25). The van der Waals surface area contributed by atoms with Gasteiger partial charge in [0.2, 0.25) is 0 Å². The number of amides is 1. The number of hydrogen-bond donors (Lipinski definition) is 1. The first-order valence-corrected chi connectivity index (χ1v) is 11.1. The number of para-hydroxylation sites is 2. The van der Waals surface area contributed by atoms with Crippen LogP contribution < -0.4 is 10.1 Å². The lowest BCUT2D eigenvalue weighted by Crippen LogP contribution is -2.23. The molecule has 30 heavy (non-hydrogen) atoms. The van der Waals surface area contributed by atoms with Gasteiger partial charge in [0, 0.05) is 24.8 Å². The van der Waals surface area contributed by atoms with Gasteiger partial charge in [-0.25, -0.2) is 8.42 Å². The maximum Gasteiger partial charge on any atom is 0.251 e. The van der Waals surface area contributed by atoms with E-state index in [1.165, 1.54) is 31.4 Å². The van der Waals surface area contributed by atoms with Gasteiger partial charge in [-0.15, -0.1) is 0 Å². The number of carbonyl (C=O) groups excluding carboxylic acids is 1. The highest BCUT2D eigenvalue weighted by Gasteiger charge is 2.15. The lowest BCUT2D eigenvalue weighted by atomic mass is 10.1. The normalized spacial score (nSPS) is 11.1. The van der Waals surface area contributed by atoms with Crippen molar-refractivity contribution >= 4 is 15.7 Å².